The molecule has 0 bridgehead atoms. The van der Waals surface area contributed by atoms with Gasteiger partial charge in [-0.05, 0) is 90.2 Å². The molecule has 0 spiro atoms. The highest BCUT2D eigenvalue weighted by atomic mass is 14.3. The van der Waals surface area contributed by atoms with E-state index in [1.54, 1.807) is 0 Å². The topological polar surface area (TPSA) is 0 Å². The number of fused-ring (bicyclic) bond motifs is 3. The molecule has 166 valence electrons. The van der Waals surface area contributed by atoms with Crippen LogP contribution in [-0.4, -0.2) is 0 Å². The molecule has 2 aliphatic carbocycles. The fraction of sp³-hybridized carbons (Fsp3) is 0.548. The Labute approximate surface area is 191 Å². The first kappa shape index (κ1) is 22.4. The lowest BCUT2D eigenvalue weighted by Crippen LogP contribution is -2.12. The summed E-state index contributed by atoms with van der Waals surface area (Å²) >= 11 is 0. The van der Waals surface area contributed by atoms with Crippen LogP contribution >= 0.6 is 0 Å². The molecular formula is C31H42. The molecule has 4 rings (SSSR count). The molecule has 2 aliphatic rings. The Morgan fingerprint density at radius 3 is 2.26 bits per heavy atom. The summed E-state index contributed by atoms with van der Waals surface area (Å²) in [6.07, 6.45) is 22.6. The van der Waals surface area contributed by atoms with Gasteiger partial charge in [-0.3, -0.25) is 0 Å². The summed E-state index contributed by atoms with van der Waals surface area (Å²) < 4.78 is 0. The zero-order chi connectivity index (χ0) is 21.5. The molecule has 0 heterocycles. The fourth-order valence-electron chi connectivity index (χ4n) is 5.72. The van der Waals surface area contributed by atoms with E-state index in [2.05, 4.69) is 62.4 Å². The van der Waals surface area contributed by atoms with Crippen LogP contribution in [0.15, 0.2) is 42.5 Å². The molecular weight excluding hydrogens is 372 g/mol. The van der Waals surface area contributed by atoms with E-state index in [4.69, 9.17) is 0 Å². The summed E-state index contributed by atoms with van der Waals surface area (Å²) in [5.41, 5.74) is 8.88. The SMILES string of the molecule is CCCCCc1ccc2c(c1)Cc1cc(C=CC3CCC(CCCCC)CC3)ccc1-2. The maximum Gasteiger partial charge on any atom is -0.00131 e. The van der Waals surface area contributed by atoms with E-state index in [9.17, 15) is 0 Å². The van der Waals surface area contributed by atoms with Gasteiger partial charge in [0.15, 0.2) is 0 Å². The zero-order valence-corrected chi connectivity index (χ0v) is 20.0. The molecule has 0 saturated heterocycles. The smallest absolute Gasteiger partial charge is 0.00131 e. The second-order valence-corrected chi connectivity index (χ2v) is 10.2. The minimum absolute atomic E-state index is 0.790. The molecule has 0 aromatic heterocycles. The average molecular weight is 415 g/mol. The molecule has 1 saturated carbocycles. The summed E-state index contributed by atoms with van der Waals surface area (Å²) in [5.74, 6) is 1.79. The van der Waals surface area contributed by atoms with Crippen molar-refractivity contribution >= 4 is 6.08 Å². The van der Waals surface area contributed by atoms with E-state index in [1.165, 1.54) is 110 Å². The Balaban J connectivity index is 1.33. The van der Waals surface area contributed by atoms with Gasteiger partial charge in [0.1, 0.15) is 0 Å². The van der Waals surface area contributed by atoms with Crippen LogP contribution in [0.25, 0.3) is 17.2 Å². The highest BCUT2D eigenvalue weighted by molar-refractivity contribution is 5.78. The lowest BCUT2D eigenvalue weighted by atomic mass is 9.79. The molecule has 0 radical (unpaired) electrons. The Kier molecular flexibility index (Phi) is 8.06. The first-order chi connectivity index (χ1) is 15.3. The van der Waals surface area contributed by atoms with Gasteiger partial charge in [-0.1, -0.05) is 101 Å². The standard InChI is InChI=1S/C31H42/c1-3-5-7-9-24-11-13-25(14-12-24)15-16-27-18-20-31-29(22-27)23-28-21-26(10-8-6-4-2)17-19-30(28)31/h15-22,24-25H,3-14,23H2,1-2H3. The van der Waals surface area contributed by atoms with E-state index >= 15 is 0 Å². The highest BCUT2D eigenvalue weighted by Crippen LogP contribution is 2.38. The van der Waals surface area contributed by atoms with Crippen LogP contribution in [0.2, 0.25) is 0 Å². The van der Waals surface area contributed by atoms with Crippen LogP contribution in [0.5, 0.6) is 0 Å². The number of benzene rings is 2. The first-order valence-electron chi connectivity index (χ1n) is 13.2. The summed E-state index contributed by atoms with van der Waals surface area (Å²) in [6, 6.07) is 14.3. The van der Waals surface area contributed by atoms with Gasteiger partial charge in [-0.2, -0.15) is 0 Å². The Bertz CT molecular complexity index is 864. The van der Waals surface area contributed by atoms with Crippen molar-refractivity contribution < 1.29 is 0 Å². The lowest BCUT2D eigenvalue weighted by molar-refractivity contribution is 0.290. The predicted octanol–water partition coefficient (Wildman–Crippen LogP) is 9.39. The third-order valence-electron chi connectivity index (χ3n) is 7.71. The van der Waals surface area contributed by atoms with E-state index in [0.717, 1.165) is 18.3 Å². The van der Waals surface area contributed by atoms with Gasteiger partial charge in [-0.15, -0.1) is 0 Å². The molecule has 1 fully saturated rings. The molecule has 0 unspecified atom stereocenters. The van der Waals surface area contributed by atoms with Crippen LogP contribution in [0.4, 0.5) is 0 Å². The minimum Gasteiger partial charge on any atom is -0.0808 e. The minimum atomic E-state index is 0.790. The van der Waals surface area contributed by atoms with Gasteiger partial charge in [0, 0.05) is 0 Å². The molecule has 0 amide bonds. The van der Waals surface area contributed by atoms with E-state index < -0.39 is 0 Å². The van der Waals surface area contributed by atoms with Crippen LogP contribution in [0.3, 0.4) is 0 Å². The zero-order valence-electron chi connectivity index (χ0n) is 20.0. The molecule has 2 aromatic carbocycles. The maximum absolute atomic E-state index is 2.51. The molecule has 31 heavy (non-hydrogen) atoms. The van der Waals surface area contributed by atoms with Crippen molar-refractivity contribution in [3.63, 3.8) is 0 Å². The van der Waals surface area contributed by atoms with Gasteiger partial charge in [0.05, 0.1) is 0 Å². The molecule has 0 N–H and O–H groups in total. The number of hydrogen-bond donors (Lipinski definition) is 0. The third kappa shape index (κ3) is 5.91. The van der Waals surface area contributed by atoms with Crippen molar-refractivity contribution in [3.8, 4) is 11.1 Å². The molecule has 0 nitrogen and oxygen atoms in total. The van der Waals surface area contributed by atoms with Crippen LogP contribution in [0, 0.1) is 11.8 Å². The molecule has 0 heteroatoms. The molecule has 0 aliphatic heterocycles. The van der Waals surface area contributed by atoms with Crippen LogP contribution in [-0.2, 0) is 12.8 Å². The highest BCUT2D eigenvalue weighted by Gasteiger charge is 2.20. The van der Waals surface area contributed by atoms with Crippen molar-refractivity contribution in [3.05, 3.63) is 64.7 Å². The summed E-state index contributed by atoms with van der Waals surface area (Å²) in [5, 5.41) is 0. The van der Waals surface area contributed by atoms with Gasteiger partial charge in [-0.25, -0.2) is 0 Å². The van der Waals surface area contributed by atoms with Crippen LogP contribution < -0.4 is 0 Å². The van der Waals surface area contributed by atoms with Crippen molar-refractivity contribution in [2.45, 2.75) is 97.3 Å². The average Bonchev–Trinajstić information content (AvgIpc) is 3.16. The Hall–Kier alpha value is -1.82. The largest absolute Gasteiger partial charge is 0.0808 e. The van der Waals surface area contributed by atoms with E-state index in [-0.39, 0.29) is 0 Å². The van der Waals surface area contributed by atoms with Gasteiger partial charge < -0.3 is 0 Å². The van der Waals surface area contributed by atoms with E-state index in [1.807, 2.05) is 0 Å². The van der Waals surface area contributed by atoms with Crippen LogP contribution in [0.1, 0.15) is 107 Å². The number of aryl methyl sites for hydroxylation is 1. The van der Waals surface area contributed by atoms with E-state index in [0.29, 0.717) is 0 Å². The van der Waals surface area contributed by atoms with Crippen molar-refractivity contribution in [2.75, 3.05) is 0 Å². The van der Waals surface area contributed by atoms with Gasteiger partial charge in [0.2, 0.25) is 0 Å². The first-order valence-corrected chi connectivity index (χ1v) is 13.2. The monoisotopic (exact) mass is 414 g/mol. The van der Waals surface area contributed by atoms with Crippen molar-refractivity contribution in [1.82, 2.24) is 0 Å². The Morgan fingerprint density at radius 1 is 0.774 bits per heavy atom. The summed E-state index contributed by atoms with van der Waals surface area (Å²) in [7, 11) is 0. The molecule has 2 aromatic rings. The summed E-state index contributed by atoms with van der Waals surface area (Å²) in [4.78, 5) is 0. The summed E-state index contributed by atoms with van der Waals surface area (Å²) in [6.45, 7) is 4.59. The quantitative estimate of drug-likeness (QED) is 0.290. The maximum atomic E-state index is 2.51. The molecule has 0 atom stereocenters. The number of rotatable bonds is 10. The van der Waals surface area contributed by atoms with Gasteiger partial charge >= 0.3 is 0 Å². The van der Waals surface area contributed by atoms with Crippen molar-refractivity contribution in [2.24, 2.45) is 11.8 Å². The number of unbranched alkanes of at least 4 members (excludes halogenated alkanes) is 4. The predicted molar refractivity (Wildman–Crippen MR) is 137 cm³/mol. The number of hydrogen-bond acceptors (Lipinski definition) is 0. The normalized spacial score (nSPS) is 20.2. The second-order valence-electron chi connectivity index (χ2n) is 10.2. The number of allylic oxidation sites excluding steroid dienone is 1. The lowest BCUT2D eigenvalue weighted by Gasteiger charge is -2.26. The fourth-order valence-corrected chi connectivity index (χ4v) is 5.72. The third-order valence-corrected chi connectivity index (χ3v) is 7.71. The van der Waals surface area contributed by atoms with Crippen molar-refractivity contribution in [1.29, 1.82) is 0 Å². The Morgan fingerprint density at radius 2 is 1.48 bits per heavy atom. The van der Waals surface area contributed by atoms with Gasteiger partial charge in [0.25, 0.3) is 0 Å². The second kappa shape index (κ2) is 11.2.